The first kappa shape index (κ1) is 11.6. The molecule has 1 aliphatic rings. The Balaban J connectivity index is 2.35. The van der Waals surface area contributed by atoms with Crippen molar-refractivity contribution in [3.05, 3.63) is 16.4 Å². The van der Waals surface area contributed by atoms with Crippen molar-refractivity contribution in [1.29, 1.82) is 0 Å². The van der Waals surface area contributed by atoms with Gasteiger partial charge in [-0.3, -0.25) is 0 Å². The van der Waals surface area contributed by atoms with Gasteiger partial charge in [0.15, 0.2) is 0 Å². The van der Waals surface area contributed by atoms with Crippen LogP contribution in [0.4, 0.5) is 0 Å². The minimum Gasteiger partial charge on any atom is -0.464 e. The first-order valence-corrected chi connectivity index (χ1v) is 5.59. The molecule has 0 bridgehead atoms. The molecule has 6 nitrogen and oxygen atoms in total. The van der Waals surface area contributed by atoms with Crippen molar-refractivity contribution in [3.63, 3.8) is 0 Å². The molecule has 0 radical (unpaired) electrons. The molecule has 2 unspecified atom stereocenters. The number of halogens is 1. The van der Waals surface area contributed by atoms with Gasteiger partial charge in [0, 0.05) is 6.07 Å². The van der Waals surface area contributed by atoms with Crippen LogP contribution in [-0.4, -0.2) is 42.1 Å². The molecule has 1 aromatic heterocycles. The van der Waals surface area contributed by atoms with Crippen molar-refractivity contribution in [2.75, 3.05) is 20.3 Å². The summed E-state index contributed by atoms with van der Waals surface area (Å²) < 4.78 is 12.1. The molecule has 1 aromatic rings. The third-order valence-electron chi connectivity index (χ3n) is 2.51. The van der Waals surface area contributed by atoms with E-state index in [9.17, 15) is 4.79 Å². The second-order valence-corrected chi connectivity index (χ2v) is 4.37. The van der Waals surface area contributed by atoms with Crippen LogP contribution < -0.4 is 5.73 Å². The molecule has 0 amide bonds. The van der Waals surface area contributed by atoms with Gasteiger partial charge in [0.1, 0.15) is 10.3 Å². The molecule has 7 heteroatoms. The summed E-state index contributed by atoms with van der Waals surface area (Å²) in [6, 6.07) is 1.33. The van der Waals surface area contributed by atoms with E-state index in [1.807, 2.05) is 0 Å². The fourth-order valence-electron chi connectivity index (χ4n) is 1.69. The molecule has 16 heavy (non-hydrogen) atoms. The number of hydrogen-bond acceptors (Lipinski definition) is 5. The quantitative estimate of drug-likeness (QED) is 0.794. The van der Waals surface area contributed by atoms with Crippen LogP contribution in [0.2, 0.25) is 0 Å². The highest BCUT2D eigenvalue weighted by molar-refractivity contribution is 9.10. The number of carbonyl (C=O) groups is 1. The van der Waals surface area contributed by atoms with Gasteiger partial charge < -0.3 is 15.2 Å². The van der Waals surface area contributed by atoms with E-state index in [4.69, 9.17) is 10.5 Å². The average molecular weight is 290 g/mol. The highest BCUT2D eigenvalue weighted by atomic mass is 79.9. The maximum atomic E-state index is 11.5. The molecule has 0 aromatic carbocycles. The van der Waals surface area contributed by atoms with Crippen LogP contribution in [0.15, 0.2) is 10.7 Å². The number of ether oxygens (including phenoxy) is 2. The van der Waals surface area contributed by atoms with Gasteiger partial charge >= 0.3 is 5.97 Å². The lowest BCUT2D eigenvalue weighted by atomic mass is 10.2. The summed E-state index contributed by atoms with van der Waals surface area (Å²) in [6.45, 7) is 0.933. The van der Waals surface area contributed by atoms with Gasteiger partial charge in [-0.25, -0.2) is 9.48 Å². The standard InChI is InChI=1S/C9H12BrN3O3/c1-15-9(14)6-2-8(10)12-13(6)7-4-16-3-5(7)11/h2,5,7H,3-4,11H2,1H3. The first-order chi connectivity index (χ1) is 7.63. The van der Waals surface area contributed by atoms with Crippen LogP contribution in [0.25, 0.3) is 0 Å². The van der Waals surface area contributed by atoms with E-state index in [0.29, 0.717) is 23.5 Å². The van der Waals surface area contributed by atoms with E-state index in [1.54, 1.807) is 10.7 Å². The van der Waals surface area contributed by atoms with Gasteiger partial charge in [-0.05, 0) is 15.9 Å². The largest absolute Gasteiger partial charge is 0.464 e. The summed E-state index contributed by atoms with van der Waals surface area (Å²) in [6.07, 6.45) is 0. The molecular formula is C9H12BrN3O3. The average Bonchev–Trinajstić information content (AvgIpc) is 2.83. The molecule has 88 valence electrons. The molecule has 1 fully saturated rings. The number of rotatable bonds is 2. The summed E-state index contributed by atoms with van der Waals surface area (Å²) in [7, 11) is 1.33. The zero-order valence-electron chi connectivity index (χ0n) is 8.72. The minimum atomic E-state index is -0.433. The molecule has 2 heterocycles. The summed E-state index contributed by atoms with van der Waals surface area (Å²) >= 11 is 3.23. The zero-order valence-corrected chi connectivity index (χ0v) is 10.3. The topological polar surface area (TPSA) is 79.4 Å². The maximum Gasteiger partial charge on any atom is 0.356 e. The molecule has 1 aliphatic heterocycles. The molecule has 0 spiro atoms. The number of nitrogens with two attached hydrogens (primary N) is 1. The molecule has 0 saturated carbocycles. The Hall–Kier alpha value is -0.920. The van der Waals surface area contributed by atoms with Crippen molar-refractivity contribution < 1.29 is 14.3 Å². The fraction of sp³-hybridized carbons (Fsp3) is 0.556. The fourth-order valence-corrected chi connectivity index (χ4v) is 2.07. The van der Waals surface area contributed by atoms with Crippen LogP contribution in [0.1, 0.15) is 16.5 Å². The van der Waals surface area contributed by atoms with Crippen molar-refractivity contribution in [1.82, 2.24) is 9.78 Å². The lowest BCUT2D eigenvalue weighted by molar-refractivity contribution is 0.0582. The van der Waals surface area contributed by atoms with Gasteiger partial charge in [-0.15, -0.1) is 0 Å². The molecule has 2 rings (SSSR count). The predicted molar refractivity (Wildman–Crippen MR) is 59.1 cm³/mol. The first-order valence-electron chi connectivity index (χ1n) is 4.80. The summed E-state index contributed by atoms with van der Waals surface area (Å²) in [5.74, 6) is -0.433. The Morgan fingerprint density at radius 3 is 3.06 bits per heavy atom. The molecule has 2 atom stereocenters. The Bertz CT molecular complexity index is 407. The zero-order chi connectivity index (χ0) is 11.7. The number of esters is 1. The van der Waals surface area contributed by atoms with Crippen LogP contribution in [0.3, 0.4) is 0 Å². The Kier molecular flexibility index (Phi) is 3.27. The predicted octanol–water partition coefficient (Wildman–Crippen LogP) is 0.331. The van der Waals surface area contributed by atoms with E-state index in [-0.39, 0.29) is 12.1 Å². The van der Waals surface area contributed by atoms with Crippen molar-refractivity contribution in [2.45, 2.75) is 12.1 Å². The number of methoxy groups -OCH3 is 1. The Morgan fingerprint density at radius 1 is 1.75 bits per heavy atom. The van der Waals surface area contributed by atoms with Gasteiger partial charge in [-0.1, -0.05) is 0 Å². The highest BCUT2D eigenvalue weighted by Crippen LogP contribution is 2.22. The second kappa shape index (κ2) is 4.52. The number of hydrogen-bond donors (Lipinski definition) is 1. The molecule has 0 aliphatic carbocycles. The SMILES string of the molecule is COC(=O)c1cc(Br)nn1C1COCC1N. The minimum absolute atomic E-state index is 0.125. The lowest BCUT2D eigenvalue weighted by Crippen LogP contribution is -2.33. The van der Waals surface area contributed by atoms with Crippen molar-refractivity contribution in [3.8, 4) is 0 Å². The second-order valence-electron chi connectivity index (χ2n) is 3.56. The van der Waals surface area contributed by atoms with Gasteiger partial charge in [0.25, 0.3) is 0 Å². The lowest BCUT2D eigenvalue weighted by Gasteiger charge is -2.15. The summed E-state index contributed by atoms with van der Waals surface area (Å²) in [4.78, 5) is 11.5. The van der Waals surface area contributed by atoms with Crippen LogP contribution in [-0.2, 0) is 9.47 Å². The van der Waals surface area contributed by atoms with Crippen LogP contribution in [0.5, 0.6) is 0 Å². The Morgan fingerprint density at radius 2 is 2.50 bits per heavy atom. The smallest absolute Gasteiger partial charge is 0.356 e. The van der Waals surface area contributed by atoms with E-state index in [0.717, 1.165) is 0 Å². The van der Waals surface area contributed by atoms with Crippen LogP contribution >= 0.6 is 15.9 Å². The molecular weight excluding hydrogens is 278 g/mol. The monoisotopic (exact) mass is 289 g/mol. The number of nitrogens with zero attached hydrogens (tertiary/aromatic N) is 2. The van der Waals surface area contributed by atoms with Crippen LogP contribution in [0, 0.1) is 0 Å². The number of carbonyl (C=O) groups excluding carboxylic acids is 1. The maximum absolute atomic E-state index is 11.5. The van der Waals surface area contributed by atoms with Crippen molar-refractivity contribution in [2.24, 2.45) is 5.73 Å². The van der Waals surface area contributed by atoms with E-state index in [1.165, 1.54) is 7.11 Å². The third kappa shape index (κ3) is 1.98. The van der Waals surface area contributed by atoms with Crippen molar-refractivity contribution >= 4 is 21.9 Å². The normalized spacial score (nSPS) is 24.7. The van der Waals surface area contributed by atoms with E-state index < -0.39 is 5.97 Å². The number of aromatic nitrogens is 2. The van der Waals surface area contributed by atoms with Gasteiger partial charge in [0.2, 0.25) is 0 Å². The van der Waals surface area contributed by atoms with E-state index >= 15 is 0 Å². The van der Waals surface area contributed by atoms with Gasteiger partial charge in [0.05, 0.1) is 32.4 Å². The third-order valence-corrected chi connectivity index (χ3v) is 2.90. The molecule has 2 N–H and O–H groups in total. The van der Waals surface area contributed by atoms with E-state index in [2.05, 4.69) is 25.8 Å². The van der Waals surface area contributed by atoms with Gasteiger partial charge in [-0.2, -0.15) is 5.10 Å². The summed E-state index contributed by atoms with van der Waals surface area (Å²) in [5, 5.41) is 4.18. The molecule has 1 saturated heterocycles. The highest BCUT2D eigenvalue weighted by Gasteiger charge is 2.31. The summed E-state index contributed by atoms with van der Waals surface area (Å²) in [5.41, 5.74) is 6.25. The Labute approximate surface area is 101 Å².